The lowest BCUT2D eigenvalue weighted by atomic mass is 9.94. The average molecular weight is 407 g/mol. The van der Waals surface area contributed by atoms with Crippen molar-refractivity contribution in [1.82, 2.24) is 10.2 Å². The molecule has 1 aliphatic rings. The van der Waals surface area contributed by atoms with Crippen LogP contribution in [0.15, 0.2) is 35.5 Å². The van der Waals surface area contributed by atoms with Crippen molar-refractivity contribution < 1.29 is 24.2 Å². The Labute approximate surface area is 170 Å². The smallest absolute Gasteiger partial charge is 0.338 e. The van der Waals surface area contributed by atoms with E-state index in [1.165, 1.54) is 19.2 Å². The number of allylic oxidation sites excluding steroid dienone is 1. The van der Waals surface area contributed by atoms with E-state index in [9.17, 15) is 9.59 Å². The number of carboxylic acids is 1. The number of carbonyl (C=O) groups is 2. The van der Waals surface area contributed by atoms with Crippen LogP contribution in [0.5, 0.6) is 0 Å². The maximum atomic E-state index is 12.8. The number of esters is 1. The average Bonchev–Trinajstić information content (AvgIpc) is 2.64. The maximum Gasteiger partial charge on any atom is 0.338 e. The van der Waals surface area contributed by atoms with Crippen LogP contribution in [0.4, 0.5) is 0 Å². The molecule has 0 spiro atoms. The van der Waals surface area contributed by atoms with Crippen molar-refractivity contribution in [2.24, 2.45) is 5.92 Å². The van der Waals surface area contributed by atoms with Crippen LogP contribution in [0.25, 0.3) is 0 Å². The Hall–Kier alpha value is -2.45. The molecule has 1 heterocycles. The van der Waals surface area contributed by atoms with E-state index in [0.717, 1.165) is 11.3 Å². The number of rotatable bonds is 8. The number of carboxylic acid groups (broad SMARTS) is 1. The molecule has 2 rings (SSSR count). The SMILES string of the molecule is COCCOC(=O)C1=C(C)N(CC(C)C)C(=S)N[C@H]1c1ccc(C(=O)O)cc1. The van der Waals surface area contributed by atoms with Crippen LogP contribution >= 0.6 is 12.2 Å². The van der Waals surface area contributed by atoms with Gasteiger partial charge in [0.05, 0.1) is 23.8 Å². The highest BCUT2D eigenvalue weighted by Gasteiger charge is 2.35. The van der Waals surface area contributed by atoms with Crippen LogP contribution in [0.2, 0.25) is 0 Å². The Kier molecular flexibility index (Phi) is 7.53. The first-order valence-electron chi connectivity index (χ1n) is 9.04. The van der Waals surface area contributed by atoms with Gasteiger partial charge in [-0.2, -0.15) is 0 Å². The Morgan fingerprint density at radius 1 is 1.25 bits per heavy atom. The number of hydrogen-bond donors (Lipinski definition) is 2. The summed E-state index contributed by atoms with van der Waals surface area (Å²) in [5.41, 5.74) is 2.09. The molecule has 1 aromatic carbocycles. The fourth-order valence-electron chi connectivity index (χ4n) is 2.99. The van der Waals surface area contributed by atoms with Gasteiger partial charge in [-0.25, -0.2) is 9.59 Å². The number of benzene rings is 1. The number of thiocarbonyl (C=S) groups is 1. The molecule has 0 aliphatic carbocycles. The van der Waals surface area contributed by atoms with E-state index in [2.05, 4.69) is 19.2 Å². The minimum atomic E-state index is -1.01. The fourth-order valence-corrected chi connectivity index (χ4v) is 3.32. The van der Waals surface area contributed by atoms with Crippen LogP contribution in [0, 0.1) is 5.92 Å². The highest BCUT2D eigenvalue weighted by atomic mass is 32.1. The van der Waals surface area contributed by atoms with E-state index in [0.29, 0.717) is 29.8 Å². The van der Waals surface area contributed by atoms with Crippen molar-refractivity contribution in [3.05, 3.63) is 46.7 Å². The van der Waals surface area contributed by atoms with Crippen molar-refractivity contribution in [2.45, 2.75) is 26.8 Å². The van der Waals surface area contributed by atoms with Gasteiger partial charge in [0, 0.05) is 19.4 Å². The highest BCUT2D eigenvalue weighted by Crippen LogP contribution is 2.32. The lowest BCUT2D eigenvalue weighted by Gasteiger charge is -2.38. The minimum Gasteiger partial charge on any atom is -0.478 e. The van der Waals surface area contributed by atoms with Gasteiger partial charge in [-0.15, -0.1) is 0 Å². The standard InChI is InChI=1S/C20H26N2O5S/c1-12(2)11-22-13(3)16(19(25)27-10-9-26-4)17(21-20(22)28)14-5-7-15(8-6-14)18(23)24/h5-8,12,17H,9-11H2,1-4H3,(H,21,28)(H,23,24)/t17-/m0/s1. The third-order valence-corrected chi connectivity index (χ3v) is 4.71. The van der Waals surface area contributed by atoms with E-state index >= 15 is 0 Å². The van der Waals surface area contributed by atoms with Gasteiger partial charge in [-0.3, -0.25) is 0 Å². The second kappa shape index (κ2) is 9.66. The lowest BCUT2D eigenvalue weighted by molar-refractivity contribution is -0.140. The van der Waals surface area contributed by atoms with Gasteiger partial charge >= 0.3 is 11.9 Å². The summed E-state index contributed by atoms with van der Waals surface area (Å²) in [5.74, 6) is -1.12. The molecule has 0 amide bonds. The Morgan fingerprint density at radius 2 is 1.89 bits per heavy atom. The van der Waals surface area contributed by atoms with Crippen LogP contribution in [0.1, 0.15) is 42.7 Å². The molecule has 8 heteroatoms. The number of carbonyl (C=O) groups excluding carboxylic acids is 1. The first kappa shape index (κ1) is 21.8. The molecule has 1 aliphatic heterocycles. The molecule has 152 valence electrons. The highest BCUT2D eigenvalue weighted by molar-refractivity contribution is 7.80. The lowest BCUT2D eigenvalue weighted by Crippen LogP contribution is -2.49. The molecule has 0 radical (unpaired) electrons. The van der Waals surface area contributed by atoms with Gasteiger partial charge in [-0.05, 0) is 42.8 Å². The number of aromatic carboxylic acids is 1. The van der Waals surface area contributed by atoms with Gasteiger partial charge in [0.2, 0.25) is 0 Å². The minimum absolute atomic E-state index is 0.144. The van der Waals surface area contributed by atoms with Gasteiger partial charge < -0.3 is 24.8 Å². The molecule has 0 unspecified atom stereocenters. The Balaban J connectivity index is 2.43. The van der Waals surface area contributed by atoms with E-state index < -0.39 is 18.0 Å². The first-order chi connectivity index (χ1) is 13.3. The summed E-state index contributed by atoms with van der Waals surface area (Å²) in [6.07, 6.45) is 0. The summed E-state index contributed by atoms with van der Waals surface area (Å²) in [6, 6.07) is 5.85. The molecule has 2 N–H and O–H groups in total. The summed E-state index contributed by atoms with van der Waals surface area (Å²) >= 11 is 5.53. The molecule has 0 fully saturated rings. The van der Waals surface area contributed by atoms with Crippen molar-refractivity contribution in [3.8, 4) is 0 Å². The summed E-state index contributed by atoms with van der Waals surface area (Å²) in [7, 11) is 1.54. The van der Waals surface area contributed by atoms with Crippen LogP contribution in [-0.2, 0) is 14.3 Å². The van der Waals surface area contributed by atoms with Crippen molar-refractivity contribution in [1.29, 1.82) is 0 Å². The zero-order valence-corrected chi connectivity index (χ0v) is 17.3. The van der Waals surface area contributed by atoms with Crippen molar-refractivity contribution >= 4 is 29.3 Å². The van der Waals surface area contributed by atoms with E-state index in [4.69, 9.17) is 26.8 Å². The monoisotopic (exact) mass is 406 g/mol. The largest absolute Gasteiger partial charge is 0.478 e. The zero-order chi connectivity index (χ0) is 20.8. The van der Waals surface area contributed by atoms with Crippen LogP contribution in [0.3, 0.4) is 0 Å². The van der Waals surface area contributed by atoms with E-state index in [1.54, 1.807) is 12.1 Å². The Bertz CT molecular complexity index is 773. The predicted octanol–water partition coefficient (Wildman–Crippen LogP) is 2.74. The summed E-state index contributed by atoms with van der Waals surface area (Å²) in [4.78, 5) is 25.9. The normalized spacial score (nSPS) is 17.0. The number of nitrogens with zero attached hydrogens (tertiary/aromatic N) is 1. The molecule has 28 heavy (non-hydrogen) atoms. The molecule has 0 aromatic heterocycles. The maximum absolute atomic E-state index is 12.8. The van der Waals surface area contributed by atoms with Crippen LogP contribution < -0.4 is 5.32 Å². The van der Waals surface area contributed by atoms with Crippen molar-refractivity contribution in [3.63, 3.8) is 0 Å². The van der Waals surface area contributed by atoms with E-state index in [-0.39, 0.29) is 12.2 Å². The first-order valence-corrected chi connectivity index (χ1v) is 9.45. The second-order valence-electron chi connectivity index (χ2n) is 6.94. The van der Waals surface area contributed by atoms with Crippen LogP contribution in [-0.4, -0.2) is 53.9 Å². The third kappa shape index (κ3) is 5.08. The summed E-state index contributed by atoms with van der Waals surface area (Å²) in [5, 5.41) is 12.8. The summed E-state index contributed by atoms with van der Waals surface area (Å²) in [6.45, 7) is 7.10. The molecule has 1 atom stereocenters. The topological polar surface area (TPSA) is 88.1 Å². The van der Waals surface area contributed by atoms with Gasteiger partial charge in [0.1, 0.15) is 6.61 Å². The number of nitrogens with one attached hydrogen (secondary N) is 1. The van der Waals surface area contributed by atoms with E-state index in [1.807, 2.05) is 11.8 Å². The van der Waals surface area contributed by atoms with Gasteiger partial charge in [0.25, 0.3) is 0 Å². The molecular weight excluding hydrogens is 380 g/mol. The molecule has 7 nitrogen and oxygen atoms in total. The predicted molar refractivity (Wildman–Crippen MR) is 109 cm³/mol. The molecule has 0 saturated carbocycles. The number of methoxy groups -OCH3 is 1. The number of hydrogen-bond acceptors (Lipinski definition) is 5. The quantitative estimate of drug-likeness (QED) is 0.387. The van der Waals surface area contributed by atoms with Gasteiger partial charge in [-0.1, -0.05) is 26.0 Å². The fraction of sp³-hybridized carbons (Fsp3) is 0.450. The Morgan fingerprint density at radius 3 is 2.43 bits per heavy atom. The summed E-state index contributed by atoms with van der Waals surface area (Å²) < 4.78 is 10.3. The van der Waals surface area contributed by atoms with Gasteiger partial charge in [0.15, 0.2) is 5.11 Å². The molecule has 0 bridgehead atoms. The molecule has 1 aromatic rings. The molecular formula is C20H26N2O5S. The zero-order valence-electron chi connectivity index (χ0n) is 16.5. The third-order valence-electron chi connectivity index (χ3n) is 4.38. The number of ether oxygens (including phenoxy) is 2. The van der Waals surface area contributed by atoms with Crippen molar-refractivity contribution in [2.75, 3.05) is 26.9 Å². The molecule has 0 saturated heterocycles. The second-order valence-corrected chi connectivity index (χ2v) is 7.33.